The van der Waals surface area contributed by atoms with Crippen LogP contribution in [0, 0.1) is 0 Å². The Balaban J connectivity index is 1.98. The highest BCUT2D eigenvalue weighted by atomic mass is 35.5. The molecule has 2 aromatic carbocycles. The Morgan fingerprint density at radius 1 is 1.08 bits per heavy atom. The minimum atomic E-state index is -0.527. The number of ether oxygens (including phenoxy) is 2. The summed E-state index contributed by atoms with van der Waals surface area (Å²) in [4.78, 5) is 24.9. The molecular formula is C18H14Cl2N2O4. The lowest BCUT2D eigenvalue weighted by molar-refractivity contribution is -0.117. The molecule has 0 bridgehead atoms. The SMILES string of the molecule is COc1cc(/C=C2\C(=O)NN(c3cccc(Cl)c3)C2=O)cc(Cl)c1OC. The van der Waals surface area contributed by atoms with Gasteiger partial charge in [-0.05, 0) is 42.0 Å². The van der Waals surface area contributed by atoms with Crippen molar-refractivity contribution in [1.82, 2.24) is 5.43 Å². The summed E-state index contributed by atoms with van der Waals surface area (Å²) >= 11 is 12.1. The van der Waals surface area contributed by atoms with Crippen LogP contribution in [0.25, 0.3) is 6.08 Å². The van der Waals surface area contributed by atoms with Gasteiger partial charge in [-0.15, -0.1) is 0 Å². The van der Waals surface area contributed by atoms with Gasteiger partial charge in [0.15, 0.2) is 11.5 Å². The molecule has 0 aromatic heterocycles. The average Bonchev–Trinajstić information content (AvgIpc) is 2.89. The lowest BCUT2D eigenvalue weighted by Gasteiger charge is -2.14. The average molecular weight is 393 g/mol. The maximum absolute atomic E-state index is 12.6. The predicted octanol–water partition coefficient (Wildman–Crippen LogP) is 3.47. The van der Waals surface area contributed by atoms with Gasteiger partial charge in [0.1, 0.15) is 5.57 Å². The van der Waals surface area contributed by atoms with Gasteiger partial charge < -0.3 is 9.47 Å². The molecule has 8 heteroatoms. The summed E-state index contributed by atoms with van der Waals surface area (Å²) in [5.74, 6) is -0.257. The summed E-state index contributed by atoms with van der Waals surface area (Å²) in [5.41, 5.74) is 3.47. The van der Waals surface area contributed by atoms with E-state index in [0.29, 0.717) is 32.8 Å². The summed E-state index contributed by atoms with van der Waals surface area (Å²) in [6.45, 7) is 0. The molecule has 1 heterocycles. The van der Waals surface area contributed by atoms with E-state index in [1.54, 1.807) is 36.4 Å². The standard InChI is InChI=1S/C18H14Cl2N2O4/c1-25-15-8-10(7-14(20)16(15)26-2)6-13-17(23)21-22(18(13)24)12-5-3-4-11(19)9-12/h3-9H,1-2H3,(H,21,23)/b13-6+. The second-order valence-electron chi connectivity index (χ2n) is 5.36. The minimum Gasteiger partial charge on any atom is -0.493 e. The molecule has 0 unspecified atom stereocenters. The van der Waals surface area contributed by atoms with Crippen LogP contribution >= 0.6 is 23.2 Å². The molecular weight excluding hydrogens is 379 g/mol. The molecule has 1 fully saturated rings. The number of nitrogens with zero attached hydrogens (tertiary/aromatic N) is 1. The second-order valence-corrected chi connectivity index (χ2v) is 6.20. The molecule has 0 saturated carbocycles. The van der Waals surface area contributed by atoms with Crippen LogP contribution in [0.5, 0.6) is 11.5 Å². The van der Waals surface area contributed by atoms with E-state index in [9.17, 15) is 9.59 Å². The number of rotatable bonds is 4. The van der Waals surface area contributed by atoms with Gasteiger partial charge in [0.2, 0.25) is 0 Å². The lowest BCUT2D eigenvalue weighted by atomic mass is 10.1. The third-order valence-corrected chi connectivity index (χ3v) is 4.24. The zero-order chi connectivity index (χ0) is 18.8. The smallest absolute Gasteiger partial charge is 0.282 e. The van der Waals surface area contributed by atoms with Gasteiger partial charge in [-0.1, -0.05) is 29.3 Å². The number of amides is 2. The first kappa shape index (κ1) is 18.1. The topological polar surface area (TPSA) is 67.9 Å². The maximum atomic E-state index is 12.6. The monoisotopic (exact) mass is 392 g/mol. The summed E-state index contributed by atoms with van der Waals surface area (Å²) in [7, 11) is 2.94. The maximum Gasteiger partial charge on any atom is 0.282 e. The van der Waals surface area contributed by atoms with Crippen LogP contribution in [0.15, 0.2) is 42.0 Å². The molecule has 1 aliphatic heterocycles. The van der Waals surface area contributed by atoms with Crippen molar-refractivity contribution in [3.63, 3.8) is 0 Å². The fraction of sp³-hybridized carbons (Fsp3) is 0.111. The largest absolute Gasteiger partial charge is 0.493 e. The predicted molar refractivity (Wildman–Crippen MR) is 99.6 cm³/mol. The second kappa shape index (κ2) is 7.27. The van der Waals surface area contributed by atoms with E-state index in [1.165, 1.54) is 20.3 Å². The molecule has 0 atom stereocenters. The Hall–Kier alpha value is -2.70. The Morgan fingerprint density at radius 2 is 1.85 bits per heavy atom. The normalized spacial score (nSPS) is 15.4. The highest BCUT2D eigenvalue weighted by molar-refractivity contribution is 6.34. The van der Waals surface area contributed by atoms with Crippen molar-refractivity contribution in [3.8, 4) is 11.5 Å². The zero-order valence-electron chi connectivity index (χ0n) is 13.9. The Morgan fingerprint density at radius 3 is 2.50 bits per heavy atom. The van der Waals surface area contributed by atoms with Crippen molar-refractivity contribution in [2.75, 3.05) is 19.2 Å². The van der Waals surface area contributed by atoms with Crippen molar-refractivity contribution in [2.24, 2.45) is 0 Å². The first-order valence-corrected chi connectivity index (χ1v) is 8.24. The molecule has 0 radical (unpaired) electrons. The Bertz CT molecular complexity index is 927. The van der Waals surface area contributed by atoms with Crippen molar-refractivity contribution in [2.45, 2.75) is 0 Å². The van der Waals surface area contributed by atoms with Gasteiger partial charge >= 0.3 is 0 Å². The van der Waals surface area contributed by atoms with Gasteiger partial charge in [-0.25, -0.2) is 5.01 Å². The molecule has 0 aliphatic carbocycles. The van der Waals surface area contributed by atoms with Crippen LogP contribution in [0.2, 0.25) is 10.0 Å². The third-order valence-electron chi connectivity index (χ3n) is 3.72. The summed E-state index contributed by atoms with van der Waals surface area (Å²) in [6.07, 6.45) is 1.44. The van der Waals surface area contributed by atoms with E-state index in [4.69, 9.17) is 32.7 Å². The number of carbonyl (C=O) groups excluding carboxylic acids is 2. The van der Waals surface area contributed by atoms with Crippen LogP contribution < -0.4 is 19.9 Å². The molecule has 134 valence electrons. The van der Waals surface area contributed by atoms with Crippen LogP contribution in [-0.4, -0.2) is 26.0 Å². The van der Waals surface area contributed by atoms with Gasteiger partial charge in [0.05, 0.1) is 24.9 Å². The number of halogens is 2. The number of nitrogens with one attached hydrogen (secondary N) is 1. The van der Waals surface area contributed by atoms with Gasteiger partial charge in [-0.3, -0.25) is 15.0 Å². The van der Waals surface area contributed by atoms with Gasteiger partial charge in [-0.2, -0.15) is 0 Å². The molecule has 1 N–H and O–H groups in total. The minimum absolute atomic E-state index is 0.0340. The van der Waals surface area contributed by atoms with E-state index in [0.717, 1.165) is 5.01 Å². The zero-order valence-corrected chi connectivity index (χ0v) is 15.4. The van der Waals surface area contributed by atoms with Crippen molar-refractivity contribution in [3.05, 3.63) is 57.6 Å². The van der Waals surface area contributed by atoms with Crippen molar-refractivity contribution >= 4 is 46.8 Å². The summed E-state index contributed by atoms with van der Waals surface area (Å²) in [6, 6.07) is 9.82. The van der Waals surface area contributed by atoms with Gasteiger partial charge in [0, 0.05) is 5.02 Å². The van der Waals surface area contributed by atoms with E-state index in [1.807, 2.05) is 0 Å². The molecule has 26 heavy (non-hydrogen) atoms. The van der Waals surface area contributed by atoms with Gasteiger partial charge in [0.25, 0.3) is 11.8 Å². The highest BCUT2D eigenvalue weighted by Gasteiger charge is 2.34. The molecule has 1 saturated heterocycles. The van der Waals surface area contributed by atoms with E-state index in [2.05, 4.69) is 5.43 Å². The van der Waals surface area contributed by atoms with Crippen LogP contribution in [0.4, 0.5) is 5.69 Å². The van der Waals surface area contributed by atoms with Crippen molar-refractivity contribution < 1.29 is 19.1 Å². The molecule has 3 rings (SSSR count). The number of carbonyl (C=O) groups is 2. The molecule has 1 aliphatic rings. The quantitative estimate of drug-likeness (QED) is 0.638. The molecule has 2 amide bonds. The number of hydrogen-bond donors (Lipinski definition) is 1. The van der Waals surface area contributed by atoms with E-state index in [-0.39, 0.29) is 5.57 Å². The first-order valence-electron chi connectivity index (χ1n) is 7.49. The van der Waals surface area contributed by atoms with Crippen molar-refractivity contribution in [1.29, 1.82) is 0 Å². The third kappa shape index (κ3) is 3.34. The summed E-state index contributed by atoms with van der Waals surface area (Å²) in [5, 5.41) is 1.90. The number of methoxy groups -OCH3 is 2. The lowest BCUT2D eigenvalue weighted by Crippen LogP contribution is -2.35. The molecule has 2 aromatic rings. The van der Waals surface area contributed by atoms with Crippen LogP contribution in [-0.2, 0) is 9.59 Å². The first-order chi connectivity index (χ1) is 12.4. The fourth-order valence-electron chi connectivity index (χ4n) is 2.54. The van der Waals surface area contributed by atoms with E-state index < -0.39 is 11.8 Å². The highest BCUT2D eigenvalue weighted by Crippen LogP contribution is 2.37. The van der Waals surface area contributed by atoms with Crippen LogP contribution in [0.3, 0.4) is 0 Å². The number of hydrogen-bond acceptors (Lipinski definition) is 4. The number of anilines is 1. The van der Waals surface area contributed by atoms with E-state index >= 15 is 0 Å². The number of hydrazine groups is 1. The fourth-order valence-corrected chi connectivity index (χ4v) is 3.02. The Kier molecular flexibility index (Phi) is 5.06. The summed E-state index contributed by atoms with van der Waals surface area (Å²) < 4.78 is 10.4. The molecule has 6 nitrogen and oxygen atoms in total. The Labute approximate surface area is 159 Å². The van der Waals surface area contributed by atoms with Crippen LogP contribution in [0.1, 0.15) is 5.56 Å². The number of benzene rings is 2. The molecule has 0 spiro atoms.